The van der Waals surface area contributed by atoms with Crippen molar-refractivity contribution in [2.24, 2.45) is 0 Å². The average molecular weight is 252 g/mol. The summed E-state index contributed by atoms with van der Waals surface area (Å²) in [6.07, 6.45) is -0.0359. The highest BCUT2D eigenvalue weighted by atomic mass is 19.3. The van der Waals surface area contributed by atoms with Gasteiger partial charge in [0.1, 0.15) is 0 Å². The molecule has 0 aliphatic carbocycles. The maximum absolute atomic E-state index is 13.2. The molecule has 0 aliphatic heterocycles. The second kappa shape index (κ2) is 4.52. The van der Waals surface area contributed by atoms with Crippen LogP contribution in [-0.4, -0.2) is 11.1 Å². The van der Waals surface area contributed by atoms with Gasteiger partial charge >= 0.3 is 5.97 Å². The molecule has 0 aromatic heterocycles. The molecule has 0 saturated heterocycles. The lowest BCUT2D eigenvalue weighted by Gasteiger charge is -2.13. The van der Waals surface area contributed by atoms with E-state index >= 15 is 0 Å². The van der Waals surface area contributed by atoms with Crippen molar-refractivity contribution in [1.29, 1.82) is 0 Å². The Morgan fingerprint density at radius 1 is 1.18 bits per heavy atom. The van der Waals surface area contributed by atoms with E-state index in [1.807, 2.05) is 0 Å². The third-order valence-corrected chi connectivity index (χ3v) is 1.83. The average Bonchev–Trinajstić information content (AvgIpc) is 2.23. The standard InChI is InChI=1S/C10H5F5O2/c11-6-2-1-5(8(12)9(6)13)10(14,15)4-3-7(16)17/h1-4H,(H,16,17). The Bertz CT molecular complexity index is 482. The van der Waals surface area contributed by atoms with E-state index in [2.05, 4.69) is 0 Å². The SMILES string of the molecule is O=C(O)C=CC(F)(F)c1ccc(F)c(F)c1F. The van der Waals surface area contributed by atoms with Crippen molar-refractivity contribution in [3.05, 3.63) is 47.3 Å². The van der Waals surface area contributed by atoms with Gasteiger partial charge in [-0.1, -0.05) is 0 Å². The van der Waals surface area contributed by atoms with Crippen LogP contribution in [0.15, 0.2) is 24.3 Å². The highest BCUT2D eigenvalue weighted by molar-refractivity contribution is 5.79. The molecule has 0 saturated carbocycles. The van der Waals surface area contributed by atoms with Crippen molar-refractivity contribution in [2.45, 2.75) is 5.92 Å². The maximum atomic E-state index is 13.2. The van der Waals surface area contributed by atoms with Crippen LogP contribution >= 0.6 is 0 Å². The second-order valence-electron chi connectivity index (χ2n) is 3.02. The van der Waals surface area contributed by atoms with Crippen molar-refractivity contribution in [1.82, 2.24) is 0 Å². The smallest absolute Gasteiger partial charge is 0.328 e. The van der Waals surface area contributed by atoms with Gasteiger partial charge in [-0.05, 0) is 18.2 Å². The first kappa shape index (κ1) is 13.1. The van der Waals surface area contributed by atoms with E-state index in [4.69, 9.17) is 5.11 Å². The fraction of sp³-hybridized carbons (Fsp3) is 0.100. The van der Waals surface area contributed by atoms with E-state index in [-0.39, 0.29) is 12.2 Å². The summed E-state index contributed by atoms with van der Waals surface area (Å²) < 4.78 is 64.6. The van der Waals surface area contributed by atoms with Gasteiger partial charge in [0.2, 0.25) is 0 Å². The molecule has 0 fully saturated rings. The Labute approximate surface area is 92.0 Å². The number of halogens is 5. The molecule has 0 heterocycles. The summed E-state index contributed by atoms with van der Waals surface area (Å²) in [5.41, 5.74) is -1.44. The van der Waals surface area contributed by atoms with Crippen molar-refractivity contribution >= 4 is 5.97 Å². The lowest BCUT2D eigenvalue weighted by molar-refractivity contribution is -0.131. The summed E-state index contributed by atoms with van der Waals surface area (Å²) in [5, 5.41) is 8.14. The maximum Gasteiger partial charge on any atom is 0.328 e. The van der Waals surface area contributed by atoms with Gasteiger partial charge in [0, 0.05) is 6.08 Å². The van der Waals surface area contributed by atoms with Gasteiger partial charge in [-0.15, -0.1) is 0 Å². The van der Waals surface area contributed by atoms with Gasteiger partial charge in [0.15, 0.2) is 17.5 Å². The molecule has 0 atom stereocenters. The third-order valence-electron chi connectivity index (χ3n) is 1.83. The first-order chi connectivity index (χ1) is 7.75. The number of carboxylic acid groups (broad SMARTS) is 1. The minimum atomic E-state index is -4.04. The number of allylic oxidation sites excluding steroid dienone is 1. The van der Waals surface area contributed by atoms with Gasteiger partial charge in [-0.3, -0.25) is 0 Å². The Hall–Kier alpha value is -1.92. The highest BCUT2D eigenvalue weighted by Crippen LogP contribution is 2.32. The topological polar surface area (TPSA) is 37.3 Å². The first-order valence-electron chi connectivity index (χ1n) is 4.19. The van der Waals surface area contributed by atoms with E-state index < -0.39 is 34.9 Å². The van der Waals surface area contributed by atoms with Crippen molar-refractivity contribution in [2.75, 3.05) is 0 Å². The number of hydrogen-bond donors (Lipinski definition) is 1. The minimum Gasteiger partial charge on any atom is -0.478 e. The van der Waals surface area contributed by atoms with Crippen molar-refractivity contribution in [3.8, 4) is 0 Å². The number of benzene rings is 1. The van der Waals surface area contributed by atoms with E-state index in [0.717, 1.165) is 0 Å². The van der Waals surface area contributed by atoms with E-state index in [1.165, 1.54) is 0 Å². The van der Waals surface area contributed by atoms with Gasteiger partial charge in [-0.25, -0.2) is 18.0 Å². The molecule has 2 nitrogen and oxygen atoms in total. The quantitative estimate of drug-likeness (QED) is 0.510. The van der Waals surface area contributed by atoms with Crippen LogP contribution in [0.25, 0.3) is 0 Å². The molecule has 0 aliphatic rings. The number of hydrogen-bond acceptors (Lipinski definition) is 1. The molecule has 0 unspecified atom stereocenters. The largest absolute Gasteiger partial charge is 0.478 e. The van der Waals surface area contributed by atoms with Crippen LogP contribution in [0.2, 0.25) is 0 Å². The molecule has 1 rings (SSSR count). The molecule has 17 heavy (non-hydrogen) atoms. The van der Waals surface area contributed by atoms with E-state index in [0.29, 0.717) is 12.1 Å². The van der Waals surface area contributed by atoms with Crippen LogP contribution in [0.1, 0.15) is 5.56 Å². The number of carbonyl (C=O) groups is 1. The van der Waals surface area contributed by atoms with Crippen LogP contribution in [0.3, 0.4) is 0 Å². The Morgan fingerprint density at radius 3 is 2.29 bits per heavy atom. The Kier molecular flexibility index (Phi) is 3.50. The number of aliphatic carboxylic acids is 1. The van der Waals surface area contributed by atoms with Crippen LogP contribution in [-0.2, 0) is 10.7 Å². The highest BCUT2D eigenvalue weighted by Gasteiger charge is 2.34. The number of alkyl halides is 2. The van der Waals surface area contributed by atoms with Crippen LogP contribution in [0, 0.1) is 17.5 Å². The summed E-state index contributed by atoms with van der Waals surface area (Å²) >= 11 is 0. The van der Waals surface area contributed by atoms with Crippen molar-refractivity contribution < 1.29 is 31.9 Å². The van der Waals surface area contributed by atoms with Crippen LogP contribution in [0.4, 0.5) is 22.0 Å². The molecule has 0 spiro atoms. The molecule has 92 valence electrons. The molecule has 1 aromatic rings. The molecular formula is C10H5F5O2. The zero-order valence-electron chi connectivity index (χ0n) is 8.05. The lowest BCUT2D eigenvalue weighted by atomic mass is 10.1. The molecule has 0 bridgehead atoms. The monoisotopic (exact) mass is 252 g/mol. The normalized spacial score (nSPS) is 12.1. The first-order valence-corrected chi connectivity index (χ1v) is 4.19. The Morgan fingerprint density at radius 2 is 1.76 bits per heavy atom. The summed E-state index contributed by atoms with van der Waals surface area (Å²) in [5.74, 6) is -11.4. The second-order valence-corrected chi connectivity index (χ2v) is 3.02. The van der Waals surface area contributed by atoms with Gasteiger partial charge < -0.3 is 5.11 Å². The third kappa shape index (κ3) is 2.80. The molecule has 0 radical (unpaired) electrons. The summed E-state index contributed by atoms with van der Waals surface area (Å²) in [6.45, 7) is 0. The summed E-state index contributed by atoms with van der Waals surface area (Å²) in [4.78, 5) is 10.0. The number of rotatable bonds is 3. The van der Waals surface area contributed by atoms with Crippen LogP contribution < -0.4 is 0 Å². The predicted molar refractivity (Wildman–Crippen MR) is 47.0 cm³/mol. The summed E-state index contributed by atoms with van der Waals surface area (Å²) in [6, 6.07) is 0.677. The van der Waals surface area contributed by atoms with Gasteiger partial charge in [0.25, 0.3) is 5.92 Å². The lowest BCUT2D eigenvalue weighted by Crippen LogP contribution is -2.14. The molecule has 1 aromatic carbocycles. The fourth-order valence-electron chi connectivity index (χ4n) is 1.05. The molecule has 1 N–H and O–H groups in total. The van der Waals surface area contributed by atoms with Gasteiger partial charge in [0.05, 0.1) is 5.56 Å². The van der Waals surface area contributed by atoms with Crippen LogP contribution in [0.5, 0.6) is 0 Å². The number of carboxylic acids is 1. The molecule has 0 amide bonds. The Balaban J connectivity index is 3.24. The molecular weight excluding hydrogens is 247 g/mol. The minimum absolute atomic E-state index is 0.0840. The van der Waals surface area contributed by atoms with E-state index in [9.17, 15) is 26.7 Å². The van der Waals surface area contributed by atoms with Gasteiger partial charge in [-0.2, -0.15) is 8.78 Å². The zero-order chi connectivity index (χ0) is 13.2. The zero-order valence-corrected chi connectivity index (χ0v) is 8.05. The van der Waals surface area contributed by atoms with E-state index in [1.54, 1.807) is 0 Å². The summed E-state index contributed by atoms with van der Waals surface area (Å²) in [7, 11) is 0. The predicted octanol–water partition coefficient (Wildman–Crippen LogP) is 2.84. The molecule has 7 heteroatoms. The van der Waals surface area contributed by atoms with Crippen molar-refractivity contribution in [3.63, 3.8) is 0 Å². The fourth-order valence-corrected chi connectivity index (χ4v) is 1.05.